The van der Waals surface area contributed by atoms with E-state index in [1.807, 2.05) is 29.6 Å². The molecule has 0 aliphatic rings. The Hall–Kier alpha value is -4.71. The molecule has 4 rings (SSSR count). The highest BCUT2D eigenvalue weighted by Crippen LogP contribution is 2.24. The summed E-state index contributed by atoms with van der Waals surface area (Å²) in [5.74, 6) is -1.28. The van der Waals surface area contributed by atoms with Crippen molar-refractivity contribution in [2.45, 2.75) is 0 Å². The molecule has 0 aliphatic carbocycles. The van der Waals surface area contributed by atoms with E-state index in [-0.39, 0.29) is 17.1 Å². The van der Waals surface area contributed by atoms with Gasteiger partial charge in [0.25, 0.3) is 11.6 Å². The second kappa shape index (κ2) is 10.3. The van der Waals surface area contributed by atoms with Crippen LogP contribution in [0.15, 0.2) is 72.1 Å². The van der Waals surface area contributed by atoms with E-state index >= 15 is 0 Å². The number of esters is 1. The number of carbonyl (C=O) groups is 2. The number of carbonyl (C=O) groups excluding carboxylic acids is 2. The summed E-state index contributed by atoms with van der Waals surface area (Å²) in [6.45, 7) is -0.671. The number of amides is 1. The molecule has 0 bridgehead atoms. The fourth-order valence-electron chi connectivity index (χ4n) is 2.96. The number of nitrogens with zero attached hydrogens (tertiary/aromatic N) is 5. The zero-order chi connectivity index (χ0) is 23.9. The fraction of sp³-hybridized carbons (Fsp3) is 0.0455. The van der Waals surface area contributed by atoms with Gasteiger partial charge in [0.2, 0.25) is 0 Å². The van der Waals surface area contributed by atoms with Crippen LogP contribution in [0.2, 0.25) is 0 Å². The van der Waals surface area contributed by atoms with Crippen molar-refractivity contribution in [1.29, 1.82) is 0 Å². The molecule has 0 spiro atoms. The third-order valence-corrected chi connectivity index (χ3v) is 5.29. The van der Waals surface area contributed by atoms with Crippen LogP contribution in [0.4, 0.5) is 11.4 Å². The molecule has 0 fully saturated rings. The number of ether oxygens (including phenoxy) is 1. The predicted octanol–water partition coefficient (Wildman–Crippen LogP) is 3.49. The minimum absolute atomic E-state index is 0.00487. The number of benzene rings is 2. The number of thiophene rings is 1. The smallest absolute Gasteiger partial charge is 0.357 e. The van der Waals surface area contributed by atoms with Crippen molar-refractivity contribution in [3.63, 3.8) is 0 Å². The second-order valence-corrected chi connectivity index (χ2v) is 7.70. The summed E-state index contributed by atoms with van der Waals surface area (Å²) in [4.78, 5) is 36.6. The first-order valence-corrected chi connectivity index (χ1v) is 10.7. The van der Waals surface area contributed by atoms with Crippen molar-refractivity contribution in [2.24, 2.45) is 0 Å². The maximum absolute atomic E-state index is 13.0. The molecule has 0 atom stereocenters. The van der Waals surface area contributed by atoms with Gasteiger partial charge in [-0.3, -0.25) is 14.9 Å². The molecule has 0 radical (unpaired) electrons. The first-order chi connectivity index (χ1) is 16.5. The Bertz CT molecular complexity index is 1350. The van der Waals surface area contributed by atoms with Crippen molar-refractivity contribution >= 4 is 46.4 Å². The number of hydrogen-bond donors (Lipinski definition) is 1. The lowest BCUT2D eigenvalue weighted by atomic mass is 10.2. The van der Waals surface area contributed by atoms with Crippen molar-refractivity contribution in [3.8, 4) is 11.4 Å². The molecule has 170 valence electrons. The molecule has 0 saturated carbocycles. The standard InChI is InChI=1S/C22H16N6O5S/c29-20(23-17-10-4-5-11-18(17)28(31)32)14-33-22(30)19(13-16-9-6-12-34-16)27-21(24-25-26-27)15-7-2-1-3-8-15/h1-13H,14H2,(H,23,29)/b19-13-. The van der Waals surface area contributed by atoms with Gasteiger partial charge in [-0.1, -0.05) is 48.5 Å². The zero-order valence-electron chi connectivity index (χ0n) is 17.4. The summed E-state index contributed by atoms with van der Waals surface area (Å²) in [7, 11) is 0. The topological polar surface area (TPSA) is 142 Å². The van der Waals surface area contributed by atoms with Crippen LogP contribution >= 0.6 is 11.3 Å². The lowest BCUT2D eigenvalue weighted by Crippen LogP contribution is -2.23. The molecule has 12 heteroatoms. The Morgan fingerprint density at radius 3 is 2.59 bits per heavy atom. The normalized spacial score (nSPS) is 11.1. The first kappa shape index (κ1) is 22.5. The van der Waals surface area contributed by atoms with Crippen LogP contribution in [-0.4, -0.2) is 43.6 Å². The Morgan fingerprint density at radius 2 is 1.85 bits per heavy atom. The monoisotopic (exact) mass is 476 g/mol. The number of rotatable bonds is 8. The summed E-state index contributed by atoms with van der Waals surface area (Å²) in [6, 6.07) is 18.3. The fourth-order valence-corrected chi connectivity index (χ4v) is 3.61. The highest BCUT2D eigenvalue weighted by atomic mass is 32.1. The van der Waals surface area contributed by atoms with Crippen molar-refractivity contribution in [1.82, 2.24) is 20.2 Å². The molecular weight excluding hydrogens is 460 g/mol. The highest BCUT2D eigenvalue weighted by molar-refractivity contribution is 7.10. The number of hydrogen-bond acceptors (Lipinski definition) is 9. The summed E-state index contributed by atoms with van der Waals surface area (Å²) >= 11 is 1.39. The predicted molar refractivity (Wildman–Crippen MR) is 124 cm³/mol. The van der Waals surface area contributed by atoms with Gasteiger partial charge < -0.3 is 10.1 Å². The van der Waals surface area contributed by atoms with Gasteiger partial charge in [-0.25, -0.2) is 4.79 Å². The van der Waals surface area contributed by atoms with Gasteiger partial charge in [0.05, 0.1) is 4.92 Å². The lowest BCUT2D eigenvalue weighted by Gasteiger charge is -2.10. The van der Waals surface area contributed by atoms with E-state index in [0.29, 0.717) is 11.4 Å². The lowest BCUT2D eigenvalue weighted by molar-refractivity contribution is -0.383. The second-order valence-electron chi connectivity index (χ2n) is 6.72. The molecule has 1 N–H and O–H groups in total. The molecule has 2 aromatic carbocycles. The van der Waals surface area contributed by atoms with Gasteiger partial charge in [-0.05, 0) is 34.0 Å². The summed E-state index contributed by atoms with van der Waals surface area (Å²) in [6.07, 6.45) is 1.55. The SMILES string of the molecule is O=C(COC(=O)/C(=C/c1cccs1)n1nnnc1-c1ccccc1)Nc1ccccc1[N+](=O)[O-]. The van der Waals surface area contributed by atoms with E-state index in [1.165, 1.54) is 34.2 Å². The van der Waals surface area contributed by atoms with Crippen LogP contribution in [0.5, 0.6) is 0 Å². The molecule has 2 heterocycles. The number of aromatic nitrogens is 4. The van der Waals surface area contributed by atoms with Crippen LogP contribution in [0.1, 0.15) is 4.88 Å². The third kappa shape index (κ3) is 5.19. The number of anilines is 1. The number of para-hydroxylation sites is 2. The molecule has 0 saturated heterocycles. The van der Waals surface area contributed by atoms with Gasteiger partial charge in [0.1, 0.15) is 5.69 Å². The molecule has 0 unspecified atom stereocenters. The van der Waals surface area contributed by atoms with Crippen molar-refractivity contribution < 1.29 is 19.2 Å². The van der Waals surface area contributed by atoms with Crippen molar-refractivity contribution in [2.75, 3.05) is 11.9 Å². The summed E-state index contributed by atoms with van der Waals surface area (Å²) in [5, 5.41) is 27.0. The molecule has 2 aromatic heterocycles. The van der Waals surface area contributed by atoms with E-state index in [0.717, 1.165) is 4.88 Å². The van der Waals surface area contributed by atoms with E-state index in [9.17, 15) is 19.7 Å². The quantitative estimate of drug-likeness (QED) is 0.176. The largest absolute Gasteiger partial charge is 0.451 e. The number of tetrazole rings is 1. The van der Waals surface area contributed by atoms with Gasteiger partial charge in [-0.15, -0.1) is 16.4 Å². The van der Waals surface area contributed by atoms with Crippen molar-refractivity contribution in [3.05, 3.63) is 87.1 Å². The average molecular weight is 476 g/mol. The molecule has 11 nitrogen and oxygen atoms in total. The molecule has 1 amide bonds. The average Bonchev–Trinajstić information content (AvgIpc) is 3.54. The zero-order valence-corrected chi connectivity index (χ0v) is 18.2. The Kier molecular flexibility index (Phi) is 6.79. The Labute approximate surface area is 196 Å². The maximum atomic E-state index is 13.0. The third-order valence-electron chi connectivity index (χ3n) is 4.47. The van der Waals surface area contributed by atoms with E-state index in [1.54, 1.807) is 30.3 Å². The highest BCUT2D eigenvalue weighted by Gasteiger charge is 2.22. The van der Waals surface area contributed by atoms with Gasteiger partial charge in [0, 0.05) is 16.5 Å². The van der Waals surface area contributed by atoms with Crippen LogP contribution in [0.3, 0.4) is 0 Å². The molecule has 4 aromatic rings. The Morgan fingerprint density at radius 1 is 1.09 bits per heavy atom. The summed E-state index contributed by atoms with van der Waals surface area (Å²) < 4.78 is 6.43. The van der Waals surface area contributed by atoms with Crippen LogP contribution in [-0.2, 0) is 14.3 Å². The van der Waals surface area contributed by atoms with Gasteiger partial charge in [-0.2, -0.15) is 4.68 Å². The van der Waals surface area contributed by atoms with Crippen LogP contribution in [0.25, 0.3) is 23.2 Å². The first-order valence-electron chi connectivity index (χ1n) is 9.82. The van der Waals surface area contributed by atoms with E-state index in [4.69, 9.17) is 4.74 Å². The minimum atomic E-state index is -0.851. The van der Waals surface area contributed by atoms with Crippen LogP contribution in [0, 0.1) is 10.1 Å². The number of nitro benzene ring substituents is 1. The molecule has 34 heavy (non-hydrogen) atoms. The maximum Gasteiger partial charge on any atom is 0.357 e. The Balaban J connectivity index is 1.55. The number of nitrogens with one attached hydrogen (secondary N) is 1. The van der Waals surface area contributed by atoms with Crippen LogP contribution < -0.4 is 5.32 Å². The molecule has 0 aliphatic heterocycles. The van der Waals surface area contributed by atoms with E-state index in [2.05, 4.69) is 20.8 Å². The number of nitro groups is 1. The van der Waals surface area contributed by atoms with E-state index < -0.39 is 23.4 Å². The van der Waals surface area contributed by atoms with Gasteiger partial charge >= 0.3 is 5.97 Å². The summed E-state index contributed by atoms with van der Waals surface area (Å²) in [5.41, 5.74) is 0.382. The minimum Gasteiger partial charge on any atom is -0.451 e. The van der Waals surface area contributed by atoms with Gasteiger partial charge in [0.15, 0.2) is 18.1 Å². The molecular formula is C22H16N6O5S.